The molecule has 1 aromatic rings. The number of phenolic OH excluding ortho intramolecular Hbond substituents is 1. The largest absolute Gasteiger partial charge is 0.504 e. The second-order valence-electron chi connectivity index (χ2n) is 4.35. The zero-order chi connectivity index (χ0) is 12.5. The fourth-order valence-corrected chi connectivity index (χ4v) is 1.81. The summed E-state index contributed by atoms with van der Waals surface area (Å²) in [6.07, 6.45) is 2.40. The molecular weight excluding hydrogens is 220 g/mol. The van der Waals surface area contributed by atoms with Crippen LogP contribution in [0.5, 0.6) is 11.5 Å². The molecule has 17 heavy (non-hydrogen) atoms. The molecule has 1 amide bonds. The van der Waals surface area contributed by atoms with E-state index in [1.165, 1.54) is 13.2 Å². The number of ether oxygens (including phenoxy) is 1. The average Bonchev–Trinajstić information content (AvgIpc) is 2.26. The van der Waals surface area contributed by atoms with Crippen LogP contribution in [0.3, 0.4) is 0 Å². The SMILES string of the molecule is COc1ccc(NC(=O)C2(N)CCC2)cc1O. The molecule has 4 N–H and O–H groups in total. The van der Waals surface area contributed by atoms with Crippen LogP contribution < -0.4 is 15.8 Å². The molecule has 1 aromatic carbocycles. The van der Waals surface area contributed by atoms with E-state index in [0.29, 0.717) is 24.3 Å². The van der Waals surface area contributed by atoms with Gasteiger partial charge in [-0.15, -0.1) is 0 Å². The lowest BCUT2D eigenvalue weighted by Crippen LogP contribution is -2.56. The van der Waals surface area contributed by atoms with Crippen molar-refractivity contribution in [1.29, 1.82) is 0 Å². The molecule has 0 heterocycles. The first-order valence-corrected chi connectivity index (χ1v) is 5.52. The zero-order valence-corrected chi connectivity index (χ0v) is 9.69. The number of carbonyl (C=O) groups is 1. The van der Waals surface area contributed by atoms with Crippen LogP contribution in [0, 0.1) is 0 Å². The highest BCUT2D eigenvalue weighted by atomic mass is 16.5. The van der Waals surface area contributed by atoms with Crippen molar-refractivity contribution < 1.29 is 14.6 Å². The molecule has 5 nitrogen and oxygen atoms in total. The van der Waals surface area contributed by atoms with Crippen LogP contribution in [0.1, 0.15) is 19.3 Å². The Labute approximate surface area is 99.6 Å². The number of carbonyl (C=O) groups excluding carboxylic acids is 1. The fraction of sp³-hybridized carbons (Fsp3) is 0.417. The predicted octanol–water partition coefficient (Wildman–Crippen LogP) is 1.22. The minimum absolute atomic E-state index is 0.00928. The van der Waals surface area contributed by atoms with E-state index < -0.39 is 5.54 Å². The fourth-order valence-electron chi connectivity index (χ4n) is 1.81. The molecule has 92 valence electrons. The number of amides is 1. The Kier molecular flexibility index (Phi) is 2.93. The number of nitrogens with one attached hydrogen (secondary N) is 1. The Morgan fingerprint density at radius 1 is 1.53 bits per heavy atom. The third-order valence-corrected chi connectivity index (χ3v) is 3.13. The van der Waals surface area contributed by atoms with Crippen LogP contribution in [0.2, 0.25) is 0 Å². The van der Waals surface area contributed by atoms with Crippen molar-refractivity contribution in [2.75, 3.05) is 12.4 Å². The molecule has 1 aliphatic rings. The molecule has 0 unspecified atom stereocenters. The first-order chi connectivity index (χ1) is 8.05. The number of hydrogen-bond donors (Lipinski definition) is 3. The van der Waals surface area contributed by atoms with Crippen LogP contribution >= 0.6 is 0 Å². The van der Waals surface area contributed by atoms with Gasteiger partial charge in [0.1, 0.15) is 0 Å². The Balaban J connectivity index is 2.08. The third-order valence-electron chi connectivity index (χ3n) is 3.13. The second kappa shape index (κ2) is 4.25. The molecule has 0 bridgehead atoms. The standard InChI is InChI=1S/C12H16N2O3/c1-17-10-4-3-8(7-9(10)15)14-11(16)12(13)5-2-6-12/h3-4,7,15H,2,5-6,13H2,1H3,(H,14,16). The molecule has 1 saturated carbocycles. The molecule has 0 spiro atoms. The van der Waals surface area contributed by atoms with E-state index in [1.54, 1.807) is 12.1 Å². The van der Waals surface area contributed by atoms with Gasteiger partial charge in [-0.1, -0.05) is 0 Å². The van der Waals surface area contributed by atoms with Crippen molar-refractivity contribution >= 4 is 11.6 Å². The van der Waals surface area contributed by atoms with Gasteiger partial charge >= 0.3 is 0 Å². The van der Waals surface area contributed by atoms with E-state index >= 15 is 0 Å². The van der Waals surface area contributed by atoms with E-state index in [9.17, 15) is 9.90 Å². The van der Waals surface area contributed by atoms with Crippen molar-refractivity contribution in [1.82, 2.24) is 0 Å². The highest BCUT2D eigenvalue weighted by Crippen LogP contribution is 2.32. The Morgan fingerprint density at radius 2 is 2.24 bits per heavy atom. The number of hydrogen-bond acceptors (Lipinski definition) is 4. The summed E-state index contributed by atoms with van der Waals surface area (Å²) in [5, 5.41) is 12.3. The van der Waals surface area contributed by atoms with Gasteiger partial charge in [0.2, 0.25) is 5.91 Å². The molecule has 5 heteroatoms. The molecule has 0 saturated heterocycles. The lowest BCUT2D eigenvalue weighted by Gasteiger charge is -2.36. The summed E-state index contributed by atoms with van der Waals surface area (Å²) in [5.41, 5.74) is 5.67. The molecule has 0 radical (unpaired) electrons. The minimum Gasteiger partial charge on any atom is -0.504 e. The van der Waals surface area contributed by atoms with Gasteiger partial charge in [-0.05, 0) is 31.4 Å². The molecule has 0 aromatic heterocycles. The smallest absolute Gasteiger partial charge is 0.244 e. The van der Waals surface area contributed by atoms with Crippen LogP contribution in [-0.4, -0.2) is 23.7 Å². The topological polar surface area (TPSA) is 84.6 Å². The van der Waals surface area contributed by atoms with Crippen molar-refractivity contribution in [3.8, 4) is 11.5 Å². The summed E-state index contributed by atoms with van der Waals surface area (Å²) < 4.78 is 4.92. The maximum absolute atomic E-state index is 11.8. The molecule has 2 rings (SSSR count). The van der Waals surface area contributed by atoms with E-state index in [0.717, 1.165) is 6.42 Å². The van der Waals surface area contributed by atoms with Gasteiger partial charge in [0.15, 0.2) is 11.5 Å². The molecule has 0 atom stereocenters. The maximum atomic E-state index is 11.8. The van der Waals surface area contributed by atoms with Crippen molar-refractivity contribution in [3.63, 3.8) is 0 Å². The van der Waals surface area contributed by atoms with Gasteiger partial charge in [-0.2, -0.15) is 0 Å². The van der Waals surface area contributed by atoms with E-state index in [4.69, 9.17) is 10.5 Å². The number of methoxy groups -OCH3 is 1. The Hall–Kier alpha value is -1.75. The first kappa shape index (κ1) is 11.7. The number of anilines is 1. The lowest BCUT2D eigenvalue weighted by atomic mass is 9.77. The van der Waals surface area contributed by atoms with Gasteiger partial charge in [-0.25, -0.2) is 0 Å². The monoisotopic (exact) mass is 236 g/mol. The van der Waals surface area contributed by atoms with E-state index in [2.05, 4.69) is 5.32 Å². The van der Waals surface area contributed by atoms with Gasteiger partial charge in [-0.3, -0.25) is 4.79 Å². The van der Waals surface area contributed by atoms with Crippen molar-refractivity contribution in [2.45, 2.75) is 24.8 Å². The highest BCUT2D eigenvalue weighted by molar-refractivity contribution is 5.98. The number of rotatable bonds is 3. The van der Waals surface area contributed by atoms with E-state index in [1.807, 2.05) is 0 Å². The summed E-state index contributed by atoms with van der Waals surface area (Å²) in [6.45, 7) is 0. The third kappa shape index (κ3) is 2.19. The molecule has 1 aliphatic carbocycles. The maximum Gasteiger partial charge on any atom is 0.244 e. The van der Waals surface area contributed by atoms with Crippen molar-refractivity contribution in [3.05, 3.63) is 18.2 Å². The number of aromatic hydroxyl groups is 1. The van der Waals surface area contributed by atoms with Gasteiger partial charge in [0.25, 0.3) is 0 Å². The zero-order valence-electron chi connectivity index (χ0n) is 9.69. The van der Waals surface area contributed by atoms with Crippen LogP contribution in [-0.2, 0) is 4.79 Å². The Bertz CT molecular complexity index is 441. The molecule has 1 fully saturated rings. The summed E-state index contributed by atoms with van der Waals surface area (Å²) in [7, 11) is 1.47. The summed E-state index contributed by atoms with van der Waals surface area (Å²) in [4.78, 5) is 11.8. The minimum atomic E-state index is -0.741. The van der Waals surface area contributed by atoms with Crippen LogP contribution in [0.4, 0.5) is 5.69 Å². The second-order valence-corrected chi connectivity index (χ2v) is 4.35. The first-order valence-electron chi connectivity index (χ1n) is 5.52. The van der Waals surface area contributed by atoms with Crippen molar-refractivity contribution in [2.24, 2.45) is 5.73 Å². The van der Waals surface area contributed by atoms with Gasteiger partial charge in [0, 0.05) is 11.8 Å². The summed E-state index contributed by atoms with van der Waals surface area (Å²) in [5.74, 6) is 0.160. The Morgan fingerprint density at radius 3 is 2.71 bits per heavy atom. The molecule has 0 aliphatic heterocycles. The lowest BCUT2D eigenvalue weighted by molar-refractivity contribution is -0.123. The van der Waals surface area contributed by atoms with Crippen LogP contribution in [0.15, 0.2) is 18.2 Å². The van der Waals surface area contributed by atoms with Crippen LogP contribution in [0.25, 0.3) is 0 Å². The number of nitrogens with two attached hydrogens (primary N) is 1. The highest BCUT2D eigenvalue weighted by Gasteiger charge is 2.40. The summed E-state index contributed by atoms with van der Waals surface area (Å²) in [6, 6.07) is 4.70. The normalized spacial score (nSPS) is 17.1. The van der Waals surface area contributed by atoms with Gasteiger partial charge < -0.3 is 20.9 Å². The predicted molar refractivity (Wildman–Crippen MR) is 64.1 cm³/mol. The quantitative estimate of drug-likeness (QED) is 0.736. The summed E-state index contributed by atoms with van der Waals surface area (Å²) >= 11 is 0. The average molecular weight is 236 g/mol. The van der Waals surface area contributed by atoms with E-state index in [-0.39, 0.29) is 11.7 Å². The number of benzene rings is 1. The van der Waals surface area contributed by atoms with Gasteiger partial charge in [0.05, 0.1) is 12.6 Å². The molecular formula is C12H16N2O3. The number of phenols is 1.